The van der Waals surface area contributed by atoms with E-state index in [-0.39, 0.29) is 5.56 Å². The zero-order valence-corrected chi connectivity index (χ0v) is 11.6. The minimum absolute atomic E-state index is 0.0763. The van der Waals surface area contributed by atoms with Crippen LogP contribution in [0.1, 0.15) is 11.1 Å². The van der Waals surface area contributed by atoms with Crippen LogP contribution in [-0.2, 0) is 0 Å². The number of aryl methyl sites for hydroxylation is 2. The summed E-state index contributed by atoms with van der Waals surface area (Å²) in [5.74, 6) is 0.459. The second-order valence-corrected chi connectivity index (χ2v) is 5.09. The van der Waals surface area contributed by atoms with Gasteiger partial charge in [0, 0.05) is 5.39 Å². The van der Waals surface area contributed by atoms with Gasteiger partial charge in [-0.15, -0.1) is 0 Å². The molecule has 0 fully saturated rings. The third kappa shape index (κ3) is 1.88. The summed E-state index contributed by atoms with van der Waals surface area (Å²) in [5, 5.41) is 1.55. The molecule has 0 spiro atoms. The van der Waals surface area contributed by atoms with Gasteiger partial charge in [-0.3, -0.25) is 9.36 Å². The summed E-state index contributed by atoms with van der Waals surface area (Å²) in [6.07, 6.45) is 0. The number of nitrogens with zero attached hydrogens (tertiary/aromatic N) is 1. The highest BCUT2D eigenvalue weighted by Crippen LogP contribution is 2.20. The van der Waals surface area contributed by atoms with Crippen molar-refractivity contribution in [2.24, 2.45) is 0 Å². The Morgan fingerprint density at radius 1 is 1.00 bits per heavy atom. The Hall–Kier alpha value is -2.55. The topological polar surface area (TPSA) is 48.0 Å². The van der Waals surface area contributed by atoms with Crippen molar-refractivity contribution < 1.29 is 0 Å². The van der Waals surface area contributed by atoms with Crippen LogP contribution in [0.5, 0.6) is 0 Å². The van der Waals surface area contributed by atoms with Crippen LogP contribution in [-0.4, -0.2) is 4.57 Å². The van der Waals surface area contributed by atoms with Crippen molar-refractivity contribution in [1.82, 2.24) is 4.57 Å². The first kappa shape index (κ1) is 12.5. The molecule has 3 nitrogen and oxygen atoms in total. The summed E-state index contributed by atoms with van der Waals surface area (Å²) < 4.78 is 1.58. The highest BCUT2D eigenvalue weighted by atomic mass is 16.1. The Balaban J connectivity index is 2.39. The number of hydrogen-bond donors (Lipinski definition) is 1. The summed E-state index contributed by atoms with van der Waals surface area (Å²) in [7, 11) is 0. The van der Waals surface area contributed by atoms with Crippen LogP contribution in [0.25, 0.3) is 16.5 Å². The lowest BCUT2D eigenvalue weighted by Crippen LogP contribution is -2.22. The van der Waals surface area contributed by atoms with Gasteiger partial charge in [-0.2, -0.15) is 0 Å². The molecular weight excluding hydrogens is 248 g/mol. The summed E-state index contributed by atoms with van der Waals surface area (Å²) in [6, 6.07) is 15.3. The van der Waals surface area contributed by atoms with Crippen LogP contribution in [0.4, 0.5) is 5.82 Å². The van der Waals surface area contributed by atoms with E-state index in [2.05, 4.69) is 6.07 Å². The summed E-state index contributed by atoms with van der Waals surface area (Å²) >= 11 is 0. The van der Waals surface area contributed by atoms with Gasteiger partial charge < -0.3 is 5.73 Å². The number of rotatable bonds is 1. The lowest BCUT2D eigenvalue weighted by molar-refractivity contribution is 1.01. The summed E-state index contributed by atoms with van der Waals surface area (Å²) in [6.45, 7) is 4.02. The number of aromatic nitrogens is 1. The Bertz CT molecular complexity index is 862. The van der Waals surface area contributed by atoms with Crippen LogP contribution >= 0.6 is 0 Å². The second-order valence-electron chi connectivity index (χ2n) is 5.09. The van der Waals surface area contributed by atoms with Gasteiger partial charge >= 0.3 is 0 Å². The minimum atomic E-state index is -0.0763. The van der Waals surface area contributed by atoms with Gasteiger partial charge in [0.05, 0.1) is 5.69 Å². The maximum Gasteiger partial charge on any atom is 0.264 e. The Morgan fingerprint density at radius 2 is 1.75 bits per heavy atom. The molecule has 100 valence electrons. The molecule has 0 unspecified atom stereocenters. The van der Waals surface area contributed by atoms with Crippen molar-refractivity contribution >= 4 is 16.6 Å². The van der Waals surface area contributed by atoms with Crippen LogP contribution < -0.4 is 11.3 Å². The maximum atomic E-state index is 12.7. The number of pyridine rings is 1. The number of hydrogen-bond acceptors (Lipinski definition) is 2. The summed E-state index contributed by atoms with van der Waals surface area (Å²) in [5.41, 5.74) is 9.05. The fourth-order valence-corrected chi connectivity index (χ4v) is 2.58. The molecular formula is C17H16N2O. The molecule has 0 bridgehead atoms. The molecule has 20 heavy (non-hydrogen) atoms. The van der Waals surface area contributed by atoms with E-state index in [0.29, 0.717) is 11.2 Å². The van der Waals surface area contributed by atoms with Gasteiger partial charge in [0.2, 0.25) is 0 Å². The molecule has 1 aromatic heterocycles. The van der Waals surface area contributed by atoms with Gasteiger partial charge in [0.1, 0.15) is 5.82 Å². The number of fused-ring (bicyclic) bond motifs is 1. The monoisotopic (exact) mass is 264 g/mol. The number of nitrogen functional groups attached to an aromatic ring is 1. The van der Waals surface area contributed by atoms with E-state index in [1.54, 1.807) is 4.57 Å². The molecule has 2 aromatic carbocycles. The van der Waals surface area contributed by atoms with Crippen LogP contribution in [0.3, 0.4) is 0 Å². The quantitative estimate of drug-likeness (QED) is 0.733. The molecule has 0 saturated heterocycles. The van der Waals surface area contributed by atoms with Crippen molar-refractivity contribution in [2.45, 2.75) is 13.8 Å². The van der Waals surface area contributed by atoms with E-state index < -0.39 is 0 Å². The first-order chi connectivity index (χ1) is 9.58. The van der Waals surface area contributed by atoms with Crippen LogP contribution in [0.15, 0.2) is 53.3 Å². The minimum Gasteiger partial charge on any atom is -0.385 e. The lowest BCUT2D eigenvalue weighted by atomic mass is 10.1. The first-order valence-corrected chi connectivity index (χ1v) is 6.56. The lowest BCUT2D eigenvalue weighted by Gasteiger charge is -2.14. The third-order valence-corrected chi connectivity index (χ3v) is 3.55. The molecule has 2 N–H and O–H groups in total. The predicted octanol–water partition coefficient (Wildman–Crippen LogP) is 3.19. The van der Waals surface area contributed by atoms with Crippen molar-refractivity contribution in [1.29, 1.82) is 0 Å². The normalized spacial score (nSPS) is 10.9. The van der Waals surface area contributed by atoms with Gasteiger partial charge in [-0.25, -0.2) is 0 Å². The van der Waals surface area contributed by atoms with Crippen LogP contribution in [0, 0.1) is 13.8 Å². The molecule has 0 saturated carbocycles. The maximum absolute atomic E-state index is 12.7. The molecule has 1 heterocycles. The largest absolute Gasteiger partial charge is 0.385 e. The van der Waals surface area contributed by atoms with E-state index in [4.69, 9.17) is 5.73 Å². The van der Waals surface area contributed by atoms with Crippen molar-refractivity contribution in [3.8, 4) is 5.69 Å². The smallest absolute Gasteiger partial charge is 0.264 e. The molecule has 0 amide bonds. The fraction of sp³-hybridized carbons (Fsp3) is 0.118. The van der Waals surface area contributed by atoms with E-state index in [9.17, 15) is 4.79 Å². The third-order valence-electron chi connectivity index (χ3n) is 3.55. The van der Waals surface area contributed by atoms with E-state index >= 15 is 0 Å². The van der Waals surface area contributed by atoms with Crippen molar-refractivity contribution in [2.75, 3.05) is 5.73 Å². The fourth-order valence-electron chi connectivity index (χ4n) is 2.58. The van der Waals surface area contributed by atoms with Gasteiger partial charge in [0.25, 0.3) is 5.56 Å². The molecule has 3 rings (SSSR count). The van der Waals surface area contributed by atoms with Gasteiger partial charge in [-0.1, -0.05) is 35.9 Å². The average Bonchev–Trinajstić information content (AvgIpc) is 2.41. The van der Waals surface area contributed by atoms with Gasteiger partial charge in [-0.05, 0) is 43.0 Å². The zero-order valence-electron chi connectivity index (χ0n) is 11.6. The molecule has 0 radical (unpaired) electrons. The van der Waals surface area contributed by atoms with E-state index in [1.165, 1.54) is 5.56 Å². The second kappa shape index (κ2) is 4.53. The molecule has 0 aliphatic carbocycles. The summed E-state index contributed by atoms with van der Waals surface area (Å²) in [4.78, 5) is 12.7. The molecule has 0 aliphatic heterocycles. The highest BCUT2D eigenvalue weighted by molar-refractivity contribution is 5.84. The average molecular weight is 264 g/mol. The van der Waals surface area contributed by atoms with E-state index in [0.717, 1.165) is 16.6 Å². The zero-order chi connectivity index (χ0) is 14.3. The number of benzene rings is 2. The van der Waals surface area contributed by atoms with Crippen LogP contribution in [0.2, 0.25) is 0 Å². The Labute approximate surface area is 117 Å². The molecule has 0 atom stereocenters. The standard InChI is InChI=1S/C17H16N2O/c1-11-7-8-15(12(2)9-11)19-16(18)10-13-5-3-4-6-14(13)17(19)20/h3-10H,18H2,1-2H3. The van der Waals surface area contributed by atoms with Gasteiger partial charge in [0.15, 0.2) is 0 Å². The Morgan fingerprint density at radius 3 is 2.50 bits per heavy atom. The molecule has 3 aromatic rings. The Kier molecular flexibility index (Phi) is 2.83. The number of nitrogens with two attached hydrogens (primary N) is 1. The first-order valence-electron chi connectivity index (χ1n) is 6.56. The van der Waals surface area contributed by atoms with Crippen molar-refractivity contribution in [3.05, 3.63) is 70.0 Å². The SMILES string of the molecule is Cc1ccc(-n2c(N)cc3ccccc3c2=O)c(C)c1. The molecule has 3 heteroatoms. The van der Waals surface area contributed by atoms with E-state index in [1.807, 2.05) is 56.3 Å². The number of anilines is 1. The predicted molar refractivity (Wildman–Crippen MR) is 83.4 cm³/mol. The molecule has 0 aliphatic rings. The van der Waals surface area contributed by atoms with Crippen molar-refractivity contribution in [3.63, 3.8) is 0 Å². The highest BCUT2D eigenvalue weighted by Gasteiger charge is 2.10.